The summed E-state index contributed by atoms with van der Waals surface area (Å²) in [5.74, 6) is 2.84. The molecule has 0 bridgehead atoms. The van der Waals surface area contributed by atoms with Crippen LogP contribution in [0.1, 0.15) is 78.8 Å². The van der Waals surface area contributed by atoms with Gasteiger partial charge in [0.25, 0.3) is 0 Å². The number of aromatic nitrogens is 3. The highest BCUT2D eigenvalue weighted by molar-refractivity contribution is 5.43. The van der Waals surface area contributed by atoms with Gasteiger partial charge in [-0.05, 0) is 97.1 Å². The van der Waals surface area contributed by atoms with Crippen LogP contribution in [-0.2, 0) is 11.8 Å². The van der Waals surface area contributed by atoms with Crippen LogP contribution in [0.5, 0.6) is 0 Å². The van der Waals surface area contributed by atoms with E-state index in [4.69, 9.17) is 5.26 Å². The molecule has 3 aromatic rings. The third-order valence-electron chi connectivity index (χ3n) is 8.93. The van der Waals surface area contributed by atoms with Gasteiger partial charge < -0.3 is 5.32 Å². The van der Waals surface area contributed by atoms with Gasteiger partial charge in [-0.15, -0.1) is 0 Å². The third-order valence-corrected chi connectivity index (χ3v) is 8.93. The molecule has 0 saturated heterocycles. The van der Waals surface area contributed by atoms with E-state index < -0.39 is 0 Å². The molecule has 3 unspecified atom stereocenters. The quantitative estimate of drug-likeness (QED) is 0.475. The number of anilines is 1. The molecule has 6 heteroatoms. The summed E-state index contributed by atoms with van der Waals surface area (Å²) in [6.45, 7) is 3.28. The third kappa shape index (κ3) is 3.25. The maximum absolute atomic E-state index is 14.6. The molecule has 2 heterocycles. The number of benzene rings is 1. The number of rotatable bonds is 5. The van der Waals surface area contributed by atoms with Gasteiger partial charge in [-0.3, -0.25) is 5.10 Å². The Kier molecular flexibility index (Phi) is 5.17. The van der Waals surface area contributed by atoms with Crippen molar-refractivity contribution in [3.8, 4) is 6.07 Å². The van der Waals surface area contributed by atoms with E-state index in [1.54, 1.807) is 18.3 Å². The Labute approximate surface area is 199 Å². The molecule has 5 nitrogen and oxygen atoms in total. The van der Waals surface area contributed by atoms with Gasteiger partial charge in [0.2, 0.25) is 0 Å². The van der Waals surface area contributed by atoms with Gasteiger partial charge in [0, 0.05) is 23.9 Å². The van der Waals surface area contributed by atoms with Crippen molar-refractivity contribution < 1.29 is 4.39 Å². The Bertz CT molecular complexity index is 1240. The highest BCUT2D eigenvalue weighted by Gasteiger charge is 2.57. The lowest BCUT2D eigenvalue weighted by molar-refractivity contribution is 0.0796. The van der Waals surface area contributed by atoms with Crippen LogP contribution in [0, 0.1) is 29.0 Å². The van der Waals surface area contributed by atoms with E-state index in [2.05, 4.69) is 45.8 Å². The molecular weight excluding hydrogens is 425 g/mol. The van der Waals surface area contributed by atoms with Crippen LogP contribution in [0.25, 0.3) is 0 Å². The number of halogens is 1. The van der Waals surface area contributed by atoms with E-state index in [9.17, 15) is 4.39 Å². The number of hydrogen-bond donors (Lipinski definition) is 2. The molecular formula is C28H30FN5. The molecule has 5 atom stereocenters. The van der Waals surface area contributed by atoms with E-state index in [1.165, 1.54) is 16.8 Å². The lowest BCUT2D eigenvalue weighted by Gasteiger charge is -2.50. The van der Waals surface area contributed by atoms with Gasteiger partial charge in [-0.2, -0.15) is 10.4 Å². The molecule has 3 aliphatic carbocycles. The smallest absolute Gasteiger partial charge is 0.126 e. The van der Waals surface area contributed by atoms with Crippen LogP contribution >= 0.6 is 0 Å². The maximum Gasteiger partial charge on any atom is 0.126 e. The highest BCUT2D eigenvalue weighted by atomic mass is 19.1. The zero-order chi connectivity index (χ0) is 23.3. The summed E-state index contributed by atoms with van der Waals surface area (Å²) in [6.07, 6.45) is 9.95. The highest BCUT2D eigenvalue weighted by Crippen LogP contribution is 2.64. The minimum Gasteiger partial charge on any atom is -0.370 e. The predicted octanol–water partition coefficient (Wildman–Crippen LogP) is 5.82. The molecule has 3 aliphatic rings. The first-order valence-electron chi connectivity index (χ1n) is 12.5. The average Bonchev–Trinajstić information content (AvgIpc) is 3.43. The van der Waals surface area contributed by atoms with Crippen molar-refractivity contribution in [2.75, 3.05) is 11.9 Å². The second-order valence-corrected chi connectivity index (χ2v) is 10.5. The SMILES string of the molecule is C[C@]12CCC3c4cccc(F)c4CCC3C1[C@H](CCCNc1ccc(C#N)cn1)c1cn[nH]c12. The fourth-order valence-corrected chi connectivity index (χ4v) is 7.52. The largest absolute Gasteiger partial charge is 0.370 e. The number of hydrogen-bond acceptors (Lipinski definition) is 4. The van der Waals surface area contributed by atoms with Crippen molar-refractivity contribution in [1.82, 2.24) is 15.2 Å². The number of aromatic amines is 1. The standard InChI is InChI=1S/C28H30FN5/c1-28-12-11-19-18-4-2-6-24(29)20(18)8-9-22(19)26(28)21(23-16-33-34-27(23)28)5-3-13-31-25-10-7-17(14-30)15-32-25/h2,4,6-7,10,15-16,19,21-22,26H,3,5,8-9,11-13H2,1H3,(H,31,32)(H,33,34)/t19?,21-,22?,26?,28+/m1/s1. The first-order valence-corrected chi connectivity index (χ1v) is 12.5. The van der Waals surface area contributed by atoms with Crippen LogP contribution in [0.15, 0.2) is 42.7 Å². The Balaban J connectivity index is 1.22. The van der Waals surface area contributed by atoms with Gasteiger partial charge in [0.15, 0.2) is 0 Å². The van der Waals surface area contributed by atoms with Gasteiger partial charge >= 0.3 is 0 Å². The number of pyridine rings is 1. The van der Waals surface area contributed by atoms with Crippen molar-refractivity contribution in [3.05, 3.63) is 76.5 Å². The molecule has 2 N–H and O–H groups in total. The summed E-state index contributed by atoms with van der Waals surface area (Å²) in [5, 5.41) is 20.2. The normalized spacial score (nSPS) is 28.9. The average molecular weight is 456 g/mol. The summed E-state index contributed by atoms with van der Waals surface area (Å²) in [5.41, 5.74) is 5.65. The number of H-pyrrole nitrogens is 1. The Morgan fingerprint density at radius 2 is 2.12 bits per heavy atom. The maximum atomic E-state index is 14.6. The van der Waals surface area contributed by atoms with Crippen LogP contribution < -0.4 is 5.32 Å². The zero-order valence-corrected chi connectivity index (χ0v) is 19.5. The van der Waals surface area contributed by atoms with E-state index in [-0.39, 0.29) is 11.2 Å². The molecule has 174 valence electrons. The van der Waals surface area contributed by atoms with Crippen molar-refractivity contribution >= 4 is 5.82 Å². The van der Waals surface area contributed by atoms with E-state index in [0.29, 0.717) is 29.2 Å². The number of nitrogens with zero attached hydrogens (tertiary/aromatic N) is 3. The first-order chi connectivity index (χ1) is 16.6. The van der Waals surface area contributed by atoms with Crippen molar-refractivity contribution in [3.63, 3.8) is 0 Å². The second kappa shape index (κ2) is 8.23. The van der Waals surface area contributed by atoms with Gasteiger partial charge in [-0.25, -0.2) is 9.37 Å². The summed E-state index contributed by atoms with van der Waals surface area (Å²) < 4.78 is 14.6. The summed E-state index contributed by atoms with van der Waals surface area (Å²) in [6, 6.07) is 11.5. The monoisotopic (exact) mass is 455 g/mol. The molecule has 0 aliphatic heterocycles. The minimum atomic E-state index is -0.0239. The molecule has 34 heavy (non-hydrogen) atoms. The fraction of sp³-hybridized carbons (Fsp3) is 0.464. The van der Waals surface area contributed by atoms with Gasteiger partial charge in [-0.1, -0.05) is 19.1 Å². The van der Waals surface area contributed by atoms with Crippen LogP contribution in [0.3, 0.4) is 0 Å². The van der Waals surface area contributed by atoms with Gasteiger partial charge in [0.1, 0.15) is 17.7 Å². The Morgan fingerprint density at radius 3 is 2.94 bits per heavy atom. The van der Waals surface area contributed by atoms with Crippen molar-refractivity contribution in [2.45, 2.75) is 62.7 Å². The molecule has 1 saturated carbocycles. The summed E-state index contributed by atoms with van der Waals surface area (Å²) in [4.78, 5) is 4.33. The molecule has 0 amide bonds. The lowest BCUT2D eigenvalue weighted by Crippen LogP contribution is -2.44. The van der Waals surface area contributed by atoms with E-state index in [1.807, 2.05) is 12.1 Å². The van der Waals surface area contributed by atoms with Crippen LogP contribution in [0.4, 0.5) is 10.2 Å². The molecule has 1 fully saturated rings. The molecule has 1 aromatic carbocycles. The topological polar surface area (TPSA) is 77.4 Å². The minimum absolute atomic E-state index is 0.0239. The fourth-order valence-electron chi connectivity index (χ4n) is 7.52. The molecule has 2 aromatic heterocycles. The lowest BCUT2D eigenvalue weighted by atomic mass is 9.53. The molecule has 6 rings (SSSR count). The zero-order valence-electron chi connectivity index (χ0n) is 19.5. The van der Waals surface area contributed by atoms with Crippen molar-refractivity contribution in [2.24, 2.45) is 11.8 Å². The Hall–Kier alpha value is -3.20. The van der Waals surface area contributed by atoms with Crippen LogP contribution in [0.2, 0.25) is 0 Å². The summed E-state index contributed by atoms with van der Waals surface area (Å²) in [7, 11) is 0. The second-order valence-electron chi connectivity index (χ2n) is 10.5. The van der Waals surface area contributed by atoms with Gasteiger partial charge in [0.05, 0.1) is 11.8 Å². The number of fused-ring (bicyclic) bond motifs is 7. The van der Waals surface area contributed by atoms with E-state index in [0.717, 1.165) is 56.5 Å². The molecule has 0 spiro atoms. The number of nitriles is 1. The van der Waals surface area contributed by atoms with Crippen molar-refractivity contribution in [1.29, 1.82) is 5.26 Å². The molecule has 0 radical (unpaired) electrons. The van der Waals surface area contributed by atoms with E-state index >= 15 is 0 Å². The Morgan fingerprint density at radius 1 is 1.21 bits per heavy atom. The van der Waals surface area contributed by atoms with Crippen LogP contribution in [-0.4, -0.2) is 21.7 Å². The first kappa shape index (κ1) is 21.3. The summed E-state index contributed by atoms with van der Waals surface area (Å²) >= 11 is 0. The number of nitrogens with one attached hydrogen (secondary N) is 2. The predicted molar refractivity (Wildman–Crippen MR) is 129 cm³/mol.